The second-order valence-corrected chi connectivity index (χ2v) is 20.4. The highest BCUT2D eigenvalue weighted by molar-refractivity contribution is 7.87. The molecule has 372 valence electrons. The average molecular weight is 1050 g/mol. The van der Waals surface area contributed by atoms with Crippen LogP contribution in [0.15, 0.2) is 175 Å². The standard InChI is InChI=1S/C32H28F4N2O9S2.C13H12O6S2/c1-22-3-15-28(16-4-22)48(40,41)46-27-13-17-29(18-14-27)49(42,43)47-38-31(32(34,35)36)24-7-11-26(12-8-24)45-20-2-19-44-25-9-5-23(6-10-25)30(21-33)37-39;1-10-2-6-13(7-3-10)21(17,18)19-11-4-8-12(9-5-11)20(14,15)16/h3-18,39H,2,19-21H2,1H3;2-9H,1H3,(H,14,15,16). The van der Waals surface area contributed by atoms with E-state index in [-0.39, 0.29) is 50.9 Å². The lowest BCUT2D eigenvalue weighted by Gasteiger charge is -2.12. The second kappa shape index (κ2) is 23.0. The molecule has 0 fully saturated rings. The van der Waals surface area contributed by atoms with Crippen LogP contribution in [0.3, 0.4) is 0 Å². The van der Waals surface area contributed by atoms with Gasteiger partial charge < -0.3 is 23.0 Å². The first-order chi connectivity index (χ1) is 32.9. The largest absolute Gasteiger partial charge is 0.493 e. The van der Waals surface area contributed by atoms with Crippen molar-refractivity contribution in [2.24, 2.45) is 10.3 Å². The summed E-state index contributed by atoms with van der Waals surface area (Å²) in [7, 11) is -17.4. The Morgan fingerprint density at radius 3 is 1.24 bits per heavy atom. The van der Waals surface area contributed by atoms with E-state index in [0.717, 1.165) is 71.8 Å². The molecular weight excluding hydrogens is 1010 g/mol. The summed E-state index contributed by atoms with van der Waals surface area (Å²) >= 11 is 0. The summed E-state index contributed by atoms with van der Waals surface area (Å²) in [6.07, 6.45) is -4.71. The molecular formula is C45H40F4N2O15S4. The van der Waals surface area contributed by atoms with E-state index in [1.165, 1.54) is 48.5 Å². The Kier molecular flexibility index (Phi) is 17.7. The second-order valence-electron chi connectivity index (χ2n) is 14.4. The Morgan fingerprint density at radius 1 is 0.514 bits per heavy atom. The predicted molar refractivity (Wildman–Crippen MR) is 244 cm³/mol. The SMILES string of the molecule is Cc1ccc(S(=O)(=O)Oc2ccc(S(=O)(=O)O)cc2)cc1.Cc1ccc(S(=O)(=O)Oc2ccc(S(=O)(=O)ON=C(c3ccc(OCCCOc4ccc(C(CF)=NO)cc4)cc3)C(F)(F)F)cc2)cc1. The lowest BCUT2D eigenvalue weighted by molar-refractivity contribution is -0.0597. The molecule has 0 unspecified atom stereocenters. The van der Waals surface area contributed by atoms with Crippen molar-refractivity contribution in [3.63, 3.8) is 0 Å². The van der Waals surface area contributed by atoms with Gasteiger partial charge in [-0.25, -0.2) is 4.39 Å². The average Bonchev–Trinajstić information content (AvgIpc) is 3.30. The van der Waals surface area contributed by atoms with E-state index in [4.69, 9.17) is 27.6 Å². The van der Waals surface area contributed by atoms with Crippen LogP contribution in [0.1, 0.15) is 28.7 Å². The molecule has 25 heteroatoms. The minimum absolute atomic E-state index is 0.00745. The molecule has 0 saturated heterocycles. The van der Waals surface area contributed by atoms with E-state index in [1.807, 2.05) is 6.92 Å². The third-order valence-corrected chi connectivity index (χ3v) is 13.7. The van der Waals surface area contributed by atoms with Gasteiger partial charge in [0.25, 0.3) is 10.1 Å². The van der Waals surface area contributed by atoms with Gasteiger partial charge in [0.05, 0.1) is 18.1 Å². The van der Waals surface area contributed by atoms with Gasteiger partial charge in [0.1, 0.15) is 50.1 Å². The summed E-state index contributed by atoms with van der Waals surface area (Å²) in [6.45, 7) is 3.02. The van der Waals surface area contributed by atoms with Crippen LogP contribution in [0.2, 0.25) is 0 Å². The van der Waals surface area contributed by atoms with E-state index in [1.54, 1.807) is 43.3 Å². The number of nitrogens with zero attached hydrogens (tertiary/aromatic N) is 2. The molecule has 0 spiro atoms. The van der Waals surface area contributed by atoms with Crippen LogP contribution >= 0.6 is 0 Å². The van der Waals surface area contributed by atoms with Crippen molar-refractivity contribution in [3.05, 3.63) is 168 Å². The summed E-state index contributed by atoms with van der Waals surface area (Å²) in [5.74, 6) is 0.395. The molecule has 0 aliphatic carbocycles. The molecule has 0 aliphatic heterocycles. The molecule has 0 radical (unpaired) electrons. The molecule has 0 heterocycles. The van der Waals surface area contributed by atoms with Crippen LogP contribution in [0.5, 0.6) is 23.0 Å². The van der Waals surface area contributed by atoms with Crippen molar-refractivity contribution < 1.29 is 83.1 Å². The minimum Gasteiger partial charge on any atom is -0.493 e. The molecule has 0 aliphatic rings. The number of alkyl halides is 4. The van der Waals surface area contributed by atoms with Crippen molar-refractivity contribution in [1.82, 2.24) is 0 Å². The fourth-order valence-electron chi connectivity index (χ4n) is 5.54. The summed E-state index contributed by atoms with van der Waals surface area (Å²) in [5.41, 5.74) is -0.140. The van der Waals surface area contributed by atoms with E-state index in [9.17, 15) is 51.2 Å². The maximum atomic E-state index is 13.8. The van der Waals surface area contributed by atoms with Gasteiger partial charge in [-0.15, -0.1) is 0 Å². The topological polar surface area (TPSA) is 248 Å². The Balaban J connectivity index is 0.000000361. The molecule has 0 amide bonds. The first-order valence-electron chi connectivity index (χ1n) is 19.9. The number of halogens is 4. The third-order valence-electron chi connectivity index (χ3n) is 9.15. The molecule has 0 atom stereocenters. The first-order valence-corrected chi connectivity index (χ1v) is 25.6. The maximum absolute atomic E-state index is 13.8. The zero-order valence-electron chi connectivity index (χ0n) is 36.4. The van der Waals surface area contributed by atoms with Crippen molar-refractivity contribution in [2.75, 3.05) is 19.9 Å². The normalized spacial score (nSPS) is 12.6. The molecule has 17 nitrogen and oxygen atoms in total. The molecule has 6 rings (SSSR count). The Bertz CT molecular complexity index is 3230. The van der Waals surface area contributed by atoms with Gasteiger partial charge in [-0.3, -0.25) is 8.84 Å². The molecule has 6 aromatic rings. The number of aryl methyl sites for hydroxylation is 2. The summed E-state index contributed by atoms with van der Waals surface area (Å²) in [6, 6.07) is 30.8. The van der Waals surface area contributed by atoms with Crippen molar-refractivity contribution in [3.8, 4) is 23.0 Å². The highest BCUT2D eigenvalue weighted by Crippen LogP contribution is 2.27. The van der Waals surface area contributed by atoms with Gasteiger partial charge in [0.15, 0.2) is 5.71 Å². The number of ether oxygens (including phenoxy) is 2. The first kappa shape index (κ1) is 53.9. The van der Waals surface area contributed by atoms with Crippen LogP contribution < -0.4 is 17.8 Å². The lowest BCUT2D eigenvalue weighted by Crippen LogP contribution is -2.25. The fourth-order valence-corrected chi connectivity index (χ4v) is 8.61. The van der Waals surface area contributed by atoms with Gasteiger partial charge in [-0.2, -0.15) is 46.8 Å². The van der Waals surface area contributed by atoms with E-state index >= 15 is 0 Å². The molecule has 0 saturated carbocycles. The zero-order valence-corrected chi connectivity index (χ0v) is 39.7. The predicted octanol–water partition coefficient (Wildman–Crippen LogP) is 8.44. The quantitative estimate of drug-likeness (QED) is 0.0147. The van der Waals surface area contributed by atoms with Crippen molar-refractivity contribution in [2.45, 2.75) is 46.0 Å². The van der Waals surface area contributed by atoms with Crippen LogP contribution in [-0.4, -0.2) is 80.9 Å². The number of oxime groups is 2. The number of hydrogen-bond acceptors (Lipinski definition) is 16. The minimum atomic E-state index is -5.10. The zero-order chi connectivity index (χ0) is 51.3. The maximum Gasteiger partial charge on any atom is 0.437 e. The van der Waals surface area contributed by atoms with Crippen molar-refractivity contribution >= 4 is 51.9 Å². The smallest absolute Gasteiger partial charge is 0.437 e. The summed E-state index contributed by atoms with van der Waals surface area (Å²) < 4.78 is 184. The number of benzene rings is 6. The van der Waals surface area contributed by atoms with Gasteiger partial charge in [-0.05, 0) is 135 Å². The highest BCUT2D eigenvalue weighted by Gasteiger charge is 2.38. The number of hydrogen-bond donors (Lipinski definition) is 2. The lowest BCUT2D eigenvalue weighted by atomic mass is 10.1. The van der Waals surface area contributed by atoms with Crippen LogP contribution in [0, 0.1) is 13.8 Å². The fraction of sp³-hybridized carbons (Fsp3) is 0.156. The van der Waals surface area contributed by atoms with Gasteiger partial charge in [0, 0.05) is 17.5 Å². The van der Waals surface area contributed by atoms with Crippen LogP contribution in [-0.2, 0) is 44.8 Å². The Labute approximate surface area is 400 Å². The van der Waals surface area contributed by atoms with Crippen LogP contribution in [0.25, 0.3) is 0 Å². The number of rotatable bonds is 19. The van der Waals surface area contributed by atoms with Crippen LogP contribution in [0.4, 0.5) is 17.6 Å². The molecule has 6 aromatic carbocycles. The van der Waals surface area contributed by atoms with Crippen molar-refractivity contribution in [1.29, 1.82) is 0 Å². The summed E-state index contributed by atoms with van der Waals surface area (Å²) in [4.78, 5) is -1.10. The van der Waals surface area contributed by atoms with E-state index in [2.05, 4.69) is 14.6 Å². The Hall–Kier alpha value is -7.06. The molecule has 0 bridgehead atoms. The van der Waals surface area contributed by atoms with Gasteiger partial charge in [-0.1, -0.05) is 45.7 Å². The van der Waals surface area contributed by atoms with E-state index in [0.29, 0.717) is 17.7 Å². The Morgan fingerprint density at radius 2 is 0.871 bits per heavy atom. The van der Waals surface area contributed by atoms with Gasteiger partial charge >= 0.3 is 36.5 Å². The third kappa shape index (κ3) is 15.5. The molecule has 2 N–H and O–H groups in total. The van der Waals surface area contributed by atoms with E-state index < -0.39 is 69.5 Å². The highest BCUT2D eigenvalue weighted by atomic mass is 32.2. The molecule has 70 heavy (non-hydrogen) atoms. The molecule has 0 aromatic heterocycles. The monoisotopic (exact) mass is 1050 g/mol. The van der Waals surface area contributed by atoms with Gasteiger partial charge in [0.2, 0.25) is 0 Å². The summed E-state index contributed by atoms with van der Waals surface area (Å²) in [5, 5.41) is 14.5.